The van der Waals surface area contributed by atoms with Gasteiger partial charge in [0, 0.05) is 78.6 Å². The average Bonchev–Trinajstić information content (AvgIpc) is 4.56. The first kappa shape index (κ1) is 42.6. The summed E-state index contributed by atoms with van der Waals surface area (Å²) in [5, 5.41) is 12.6. The summed E-state index contributed by atoms with van der Waals surface area (Å²) in [5.41, 5.74) is 18.8. The van der Waals surface area contributed by atoms with Gasteiger partial charge in [-0.15, -0.1) is 0 Å². The van der Waals surface area contributed by atoms with E-state index in [1.165, 1.54) is 0 Å². The molecule has 0 bridgehead atoms. The van der Waals surface area contributed by atoms with Crippen molar-refractivity contribution in [2.45, 2.75) is 0 Å². The molecule has 8 nitrogen and oxygen atoms in total. The lowest BCUT2D eigenvalue weighted by molar-refractivity contribution is 0.660. The maximum atomic E-state index is 6.63. The first-order chi connectivity index (χ1) is 38.7. The highest BCUT2D eigenvalue weighted by Crippen LogP contribution is 2.50. The van der Waals surface area contributed by atoms with Gasteiger partial charge in [0.05, 0.1) is 10.8 Å². The van der Waals surface area contributed by atoms with Gasteiger partial charge >= 0.3 is 0 Å². The van der Waals surface area contributed by atoms with Gasteiger partial charge in [-0.3, -0.25) is 9.97 Å². The first-order valence-corrected chi connectivity index (χ1v) is 25.9. The van der Waals surface area contributed by atoms with Crippen LogP contribution in [-0.2, 0) is 0 Å². The summed E-state index contributed by atoms with van der Waals surface area (Å²) in [7, 11) is 0. The van der Waals surface area contributed by atoms with Crippen LogP contribution in [0.3, 0.4) is 0 Å². The van der Waals surface area contributed by atoms with Crippen LogP contribution in [0.2, 0.25) is 0 Å². The van der Waals surface area contributed by atoms with Crippen molar-refractivity contribution in [1.29, 1.82) is 0 Å². The molecule has 0 N–H and O–H groups in total. The number of fused-ring (bicyclic) bond motifs is 22. The Morgan fingerprint density at radius 3 is 1.04 bits per heavy atom. The van der Waals surface area contributed by atoms with Crippen molar-refractivity contribution >= 4 is 132 Å². The molecule has 8 aromatic heterocycles. The lowest BCUT2D eigenvalue weighted by Gasteiger charge is -2.07. The second-order valence-electron chi connectivity index (χ2n) is 19.9. The van der Waals surface area contributed by atoms with E-state index in [1.54, 1.807) is 6.20 Å². The Balaban J connectivity index is 0.000000126. The van der Waals surface area contributed by atoms with Crippen molar-refractivity contribution in [3.05, 3.63) is 231 Å². The minimum Gasteiger partial charge on any atom is -0.456 e. The Kier molecular flexibility index (Phi) is 8.96. The summed E-state index contributed by atoms with van der Waals surface area (Å²) in [4.78, 5) is 8.42. The molecule has 0 unspecified atom stereocenters. The summed E-state index contributed by atoms with van der Waals surface area (Å²) >= 11 is 0. The molecule has 0 aliphatic rings. The molecule has 0 saturated heterocycles. The number of hydrogen-bond acceptors (Lipinski definition) is 8. The monoisotopic (exact) mass is 1000 g/mol. The van der Waals surface area contributed by atoms with Gasteiger partial charge in [0.25, 0.3) is 0 Å². The van der Waals surface area contributed by atoms with Gasteiger partial charge in [-0.1, -0.05) is 127 Å². The number of furan rings is 6. The zero-order chi connectivity index (χ0) is 51.0. The SMILES string of the molecule is c1ccc2c(c1)oc1c2c(-c2ccc(-c3ccncc3)cc2)cc2oc3ccc4oc5ccccc5c4c3c21.c1cncc(-c2ccc(-c3cc4oc5ccc6oc7ccccc7c6c5c4c4oc5ccccc5c34)cc2)c1. The van der Waals surface area contributed by atoms with Crippen LogP contribution in [0.25, 0.3) is 176 Å². The Morgan fingerprint density at radius 1 is 0.218 bits per heavy atom. The molecular weight excluding hydrogens is 965 g/mol. The van der Waals surface area contributed by atoms with Gasteiger partial charge in [0.1, 0.15) is 67.0 Å². The standard InChI is InChI=1S/2C35H19NO3/c1-4-10-27-23(7-1)31-25(21-13-11-20(12-14-21)22-6-5-17-36-19-22)18-30-34(35(31)39-27)33-29(38-30)16-15-28-32(33)24-8-2-3-9-26(24)37-28;1-4-8-27-23(5-1)31-25(22-11-9-20(10-12-22)21-15-17-36-18-16-21)19-30-34(35(31)39-27)33-29(38-30)14-13-28-32(33)24-6-2-3-7-26(24)37-28/h2*1-19H. The molecule has 10 aromatic carbocycles. The predicted molar refractivity (Wildman–Crippen MR) is 314 cm³/mol. The predicted octanol–water partition coefficient (Wildman–Crippen LogP) is 20.2. The van der Waals surface area contributed by atoms with E-state index in [1.807, 2.05) is 122 Å². The highest BCUT2D eigenvalue weighted by atomic mass is 16.4. The van der Waals surface area contributed by atoms with Crippen molar-refractivity contribution in [3.8, 4) is 44.5 Å². The molecule has 0 aliphatic heterocycles. The first-order valence-electron chi connectivity index (χ1n) is 25.9. The van der Waals surface area contributed by atoms with Gasteiger partial charge in [0.15, 0.2) is 0 Å². The van der Waals surface area contributed by atoms with Crippen molar-refractivity contribution in [2.75, 3.05) is 0 Å². The summed E-state index contributed by atoms with van der Waals surface area (Å²) < 4.78 is 38.7. The highest BCUT2D eigenvalue weighted by Gasteiger charge is 2.26. The summed E-state index contributed by atoms with van der Waals surface area (Å²) in [6, 6.07) is 70.4. The third-order valence-electron chi connectivity index (χ3n) is 15.6. The zero-order valence-corrected chi connectivity index (χ0v) is 41.3. The van der Waals surface area contributed by atoms with E-state index in [0.717, 1.165) is 176 Å². The molecule has 0 fully saturated rings. The van der Waals surface area contributed by atoms with Crippen LogP contribution >= 0.6 is 0 Å². The van der Waals surface area contributed by atoms with E-state index in [-0.39, 0.29) is 0 Å². The largest absolute Gasteiger partial charge is 0.456 e. The molecule has 0 spiro atoms. The van der Waals surface area contributed by atoms with Gasteiger partial charge in [-0.25, -0.2) is 0 Å². The molecule has 0 radical (unpaired) electrons. The van der Waals surface area contributed by atoms with Crippen LogP contribution < -0.4 is 0 Å². The summed E-state index contributed by atoms with van der Waals surface area (Å²) in [6.45, 7) is 0. The number of rotatable bonds is 4. The van der Waals surface area contributed by atoms with E-state index in [0.29, 0.717) is 0 Å². The van der Waals surface area contributed by atoms with E-state index < -0.39 is 0 Å². The zero-order valence-electron chi connectivity index (χ0n) is 41.3. The molecule has 364 valence electrons. The molecule has 8 heterocycles. The number of aromatic nitrogens is 2. The average molecular weight is 1000 g/mol. The van der Waals surface area contributed by atoms with Crippen LogP contribution in [-0.4, -0.2) is 9.97 Å². The highest BCUT2D eigenvalue weighted by molar-refractivity contribution is 6.35. The van der Waals surface area contributed by atoms with Gasteiger partial charge in [-0.05, 0) is 123 Å². The molecule has 0 aliphatic carbocycles. The fourth-order valence-corrected chi connectivity index (χ4v) is 12.1. The van der Waals surface area contributed by atoms with E-state index >= 15 is 0 Å². The third kappa shape index (κ3) is 6.28. The number of nitrogens with zero attached hydrogens (tertiary/aromatic N) is 2. The molecule has 0 amide bonds. The van der Waals surface area contributed by atoms with Crippen LogP contribution in [0.4, 0.5) is 0 Å². The lowest BCUT2D eigenvalue weighted by Crippen LogP contribution is -1.83. The normalized spacial score (nSPS) is 12.1. The van der Waals surface area contributed by atoms with E-state index in [2.05, 4.69) is 113 Å². The van der Waals surface area contributed by atoms with Crippen LogP contribution in [0, 0.1) is 0 Å². The van der Waals surface area contributed by atoms with Crippen LogP contribution in [0.15, 0.2) is 258 Å². The Bertz CT molecular complexity index is 5080. The van der Waals surface area contributed by atoms with Crippen LogP contribution in [0.5, 0.6) is 0 Å². The molecule has 0 atom stereocenters. The maximum Gasteiger partial charge on any atom is 0.147 e. The van der Waals surface area contributed by atoms with Crippen molar-refractivity contribution < 1.29 is 26.5 Å². The van der Waals surface area contributed by atoms with E-state index in [9.17, 15) is 0 Å². The molecule has 8 heteroatoms. The molecule has 78 heavy (non-hydrogen) atoms. The number of para-hydroxylation sites is 4. The topological polar surface area (TPSA) is 105 Å². The second kappa shape index (κ2) is 16.4. The molecule has 18 rings (SSSR count). The van der Waals surface area contributed by atoms with Gasteiger partial charge in [-0.2, -0.15) is 0 Å². The van der Waals surface area contributed by atoms with Gasteiger partial charge < -0.3 is 26.5 Å². The lowest BCUT2D eigenvalue weighted by atomic mass is 9.95. The molecule has 0 saturated carbocycles. The Labute approximate surface area is 441 Å². The van der Waals surface area contributed by atoms with Crippen molar-refractivity contribution in [2.24, 2.45) is 0 Å². The Morgan fingerprint density at radius 2 is 0.590 bits per heavy atom. The minimum absolute atomic E-state index is 0.792. The second-order valence-corrected chi connectivity index (χ2v) is 19.9. The van der Waals surface area contributed by atoms with Crippen molar-refractivity contribution in [1.82, 2.24) is 9.97 Å². The smallest absolute Gasteiger partial charge is 0.147 e. The summed E-state index contributed by atoms with van der Waals surface area (Å²) in [5.74, 6) is 0. The summed E-state index contributed by atoms with van der Waals surface area (Å²) in [6.07, 6.45) is 7.32. The quantitative estimate of drug-likeness (QED) is 0.172. The number of hydrogen-bond donors (Lipinski definition) is 0. The fraction of sp³-hybridized carbons (Fsp3) is 0. The molecular formula is C70H38N2O6. The fourth-order valence-electron chi connectivity index (χ4n) is 12.1. The van der Waals surface area contributed by atoms with E-state index in [4.69, 9.17) is 26.5 Å². The number of benzene rings is 10. The van der Waals surface area contributed by atoms with Crippen molar-refractivity contribution in [3.63, 3.8) is 0 Å². The number of pyridine rings is 2. The Hall–Kier alpha value is -10.7. The molecule has 18 aromatic rings. The minimum atomic E-state index is 0.792. The van der Waals surface area contributed by atoms with Gasteiger partial charge in [0.2, 0.25) is 0 Å². The van der Waals surface area contributed by atoms with Crippen LogP contribution in [0.1, 0.15) is 0 Å². The maximum absolute atomic E-state index is 6.63. The third-order valence-corrected chi connectivity index (χ3v) is 15.6.